The van der Waals surface area contributed by atoms with E-state index in [1.165, 1.54) is 6.26 Å². The lowest BCUT2D eigenvalue weighted by atomic mass is 9.84. The summed E-state index contributed by atoms with van der Waals surface area (Å²) in [5.74, 6) is 1.80. The Balaban J connectivity index is 1.39. The van der Waals surface area contributed by atoms with Crippen LogP contribution in [-0.2, 0) is 4.74 Å². The zero-order valence-electron chi connectivity index (χ0n) is 13.3. The van der Waals surface area contributed by atoms with Crippen molar-refractivity contribution in [2.24, 2.45) is 11.8 Å². The molecule has 2 aliphatic heterocycles. The second kappa shape index (κ2) is 6.60. The minimum atomic E-state index is -0.0385. The average Bonchev–Trinajstić information content (AvgIpc) is 3.30. The fraction of sp³-hybridized carbons (Fsp3) is 0.471. The van der Waals surface area contributed by atoms with Crippen LogP contribution in [0.4, 0.5) is 5.95 Å². The molecule has 0 radical (unpaired) electrons. The van der Waals surface area contributed by atoms with Gasteiger partial charge in [-0.15, -0.1) is 0 Å². The molecule has 4 rings (SSSR count). The van der Waals surface area contributed by atoms with Gasteiger partial charge in [-0.1, -0.05) is 0 Å². The Hall–Kier alpha value is -2.41. The molecule has 2 aromatic rings. The fourth-order valence-corrected chi connectivity index (χ4v) is 3.56. The molecule has 0 aromatic carbocycles. The van der Waals surface area contributed by atoms with Gasteiger partial charge in [-0.25, -0.2) is 9.97 Å². The maximum absolute atomic E-state index is 12.5. The molecular weight excluding hydrogens is 308 g/mol. The Kier molecular flexibility index (Phi) is 4.17. The molecule has 7 nitrogen and oxygen atoms in total. The minimum Gasteiger partial charge on any atom is -0.459 e. The molecule has 24 heavy (non-hydrogen) atoms. The highest BCUT2D eigenvalue weighted by molar-refractivity contribution is 5.91. The molecular formula is C17H20N4O3. The number of rotatable bonds is 4. The van der Waals surface area contributed by atoms with Gasteiger partial charge in [0.1, 0.15) is 0 Å². The molecule has 2 aromatic heterocycles. The van der Waals surface area contributed by atoms with Crippen LogP contribution < -0.4 is 5.32 Å². The Morgan fingerprint density at radius 2 is 2.21 bits per heavy atom. The predicted octanol–water partition coefficient (Wildman–Crippen LogP) is 1.66. The number of carbonyl (C=O) groups excluding carboxylic acids is 1. The number of hydrogen-bond donors (Lipinski definition) is 1. The zero-order chi connectivity index (χ0) is 16.4. The van der Waals surface area contributed by atoms with Crippen LogP contribution in [0.3, 0.4) is 0 Å². The molecule has 1 N–H and O–H groups in total. The first-order valence-corrected chi connectivity index (χ1v) is 8.26. The second-order valence-electron chi connectivity index (χ2n) is 6.27. The normalized spacial score (nSPS) is 26.2. The van der Waals surface area contributed by atoms with E-state index in [0.29, 0.717) is 36.6 Å². The summed E-state index contributed by atoms with van der Waals surface area (Å²) >= 11 is 0. The highest BCUT2D eigenvalue weighted by Gasteiger charge is 2.42. The summed E-state index contributed by atoms with van der Waals surface area (Å²) in [6.07, 6.45) is 5.97. The van der Waals surface area contributed by atoms with Crippen LogP contribution in [0.2, 0.25) is 0 Å². The van der Waals surface area contributed by atoms with Crippen molar-refractivity contribution >= 4 is 11.9 Å². The quantitative estimate of drug-likeness (QED) is 0.919. The number of nitrogens with one attached hydrogen (secondary N) is 1. The van der Waals surface area contributed by atoms with Crippen LogP contribution in [0.25, 0.3) is 0 Å². The van der Waals surface area contributed by atoms with Gasteiger partial charge in [0, 0.05) is 37.9 Å². The first-order chi connectivity index (χ1) is 11.8. The van der Waals surface area contributed by atoms with Gasteiger partial charge < -0.3 is 19.4 Å². The lowest BCUT2D eigenvalue weighted by Gasteiger charge is -2.35. The Labute approximate surface area is 140 Å². The molecule has 0 unspecified atom stereocenters. The zero-order valence-corrected chi connectivity index (χ0v) is 13.3. The third kappa shape index (κ3) is 2.99. The van der Waals surface area contributed by atoms with Crippen LogP contribution in [0, 0.1) is 11.8 Å². The third-order valence-electron chi connectivity index (χ3n) is 4.85. The molecule has 0 aliphatic carbocycles. The summed E-state index contributed by atoms with van der Waals surface area (Å²) in [6.45, 7) is 2.86. The lowest BCUT2D eigenvalue weighted by molar-refractivity contribution is 0.0548. The van der Waals surface area contributed by atoms with Gasteiger partial charge in [-0.3, -0.25) is 4.79 Å². The molecule has 0 bridgehead atoms. The molecule has 4 heterocycles. The summed E-state index contributed by atoms with van der Waals surface area (Å²) in [4.78, 5) is 22.7. The molecule has 2 saturated heterocycles. The van der Waals surface area contributed by atoms with E-state index >= 15 is 0 Å². The predicted molar refractivity (Wildman–Crippen MR) is 86.5 cm³/mol. The number of piperidine rings is 1. The van der Waals surface area contributed by atoms with Crippen LogP contribution in [0.1, 0.15) is 17.0 Å². The number of fused-ring (bicyclic) bond motifs is 1. The fourth-order valence-electron chi connectivity index (χ4n) is 3.56. The van der Waals surface area contributed by atoms with Crippen molar-refractivity contribution in [2.75, 3.05) is 31.6 Å². The maximum Gasteiger partial charge on any atom is 0.289 e. The SMILES string of the molecule is O=C(c1ccco1)N1CC[C@H]2CO[C@H](CNc3ncccn3)[C@H]2C1. The number of anilines is 1. The number of hydrogen-bond acceptors (Lipinski definition) is 6. The minimum absolute atomic E-state index is 0.0385. The highest BCUT2D eigenvalue weighted by atomic mass is 16.5. The molecule has 7 heteroatoms. The smallest absolute Gasteiger partial charge is 0.289 e. The summed E-state index contributed by atoms with van der Waals surface area (Å²) in [5, 5.41) is 3.22. The van der Waals surface area contributed by atoms with Crippen molar-refractivity contribution in [3.8, 4) is 0 Å². The van der Waals surface area contributed by atoms with Gasteiger partial charge in [-0.2, -0.15) is 0 Å². The third-order valence-corrected chi connectivity index (χ3v) is 4.85. The summed E-state index contributed by atoms with van der Waals surface area (Å²) in [6, 6.07) is 5.24. The van der Waals surface area contributed by atoms with E-state index in [2.05, 4.69) is 15.3 Å². The van der Waals surface area contributed by atoms with Gasteiger partial charge in [0.05, 0.1) is 19.0 Å². The topological polar surface area (TPSA) is 80.5 Å². The van der Waals surface area contributed by atoms with Crippen LogP contribution in [0.15, 0.2) is 41.3 Å². The molecule has 1 amide bonds. The Morgan fingerprint density at radius 1 is 1.33 bits per heavy atom. The van der Waals surface area contributed by atoms with Gasteiger partial charge >= 0.3 is 0 Å². The Bertz CT molecular complexity index is 676. The first-order valence-electron chi connectivity index (χ1n) is 8.26. The van der Waals surface area contributed by atoms with E-state index in [-0.39, 0.29) is 12.0 Å². The number of aromatic nitrogens is 2. The largest absolute Gasteiger partial charge is 0.459 e. The van der Waals surface area contributed by atoms with Crippen molar-refractivity contribution in [1.82, 2.24) is 14.9 Å². The summed E-state index contributed by atoms with van der Waals surface area (Å²) in [7, 11) is 0. The first kappa shape index (κ1) is 15.1. The lowest BCUT2D eigenvalue weighted by Crippen LogP contribution is -2.46. The van der Waals surface area contributed by atoms with Crippen molar-refractivity contribution in [3.05, 3.63) is 42.6 Å². The van der Waals surface area contributed by atoms with E-state index in [4.69, 9.17) is 9.15 Å². The standard InChI is InChI=1S/C17H20N4O3/c22-16(14-3-1-8-23-14)21-7-4-12-11-24-15(13(12)10-21)9-20-17-18-5-2-6-19-17/h1-3,5-6,8,12-13,15H,4,7,9-11H2,(H,18,19,20)/t12-,13-,15+/m0/s1. The molecule has 126 valence electrons. The van der Waals surface area contributed by atoms with E-state index in [0.717, 1.165) is 19.6 Å². The highest BCUT2D eigenvalue weighted by Crippen LogP contribution is 2.34. The molecule has 3 atom stereocenters. The molecule has 2 aliphatic rings. The van der Waals surface area contributed by atoms with Crippen molar-refractivity contribution in [2.45, 2.75) is 12.5 Å². The number of amides is 1. The summed E-state index contributed by atoms with van der Waals surface area (Å²) < 4.78 is 11.2. The van der Waals surface area contributed by atoms with E-state index in [1.54, 1.807) is 30.6 Å². The van der Waals surface area contributed by atoms with Gasteiger partial charge in [0.25, 0.3) is 5.91 Å². The second-order valence-corrected chi connectivity index (χ2v) is 6.27. The van der Waals surface area contributed by atoms with Crippen molar-refractivity contribution in [1.29, 1.82) is 0 Å². The molecule has 0 saturated carbocycles. The van der Waals surface area contributed by atoms with E-state index in [9.17, 15) is 4.79 Å². The number of likely N-dealkylation sites (tertiary alicyclic amines) is 1. The number of ether oxygens (including phenoxy) is 1. The molecule has 0 spiro atoms. The van der Waals surface area contributed by atoms with E-state index < -0.39 is 0 Å². The number of furan rings is 1. The van der Waals surface area contributed by atoms with Crippen LogP contribution in [0.5, 0.6) is 0 Å². The maximum atomic E-state index is 12.5. The van der Waals surface area contributed by atoms with E-state index in [1.807, 2.05) is 4.90 Å². The van der Waals surface area contributed by atoms with Gasteiger partial charge in [0.15, 0.2) is 5.76 Å². The van der Waals surface area contributed by atoms with Crippen molar-refractivity contribution < 1.29 is 13.9 Å². The summed E-state index contributed by atoms with van der Waals surface area (Å²) in [5.41, 5.74) is 0. The number of carbonyl (C=O) groups is 1. The van der Waals surface area contributed by atoms with Crippen LogP contribution in [-0.4, -0.2) is 53.1 Å². The monoisotopic (exact) mass is 328 g/mol. The van der Waals surface area contributed by atoms with Crippen molar-refractivity contribution in [3.63, 3.8) is 0 Å². The Morgan fingerprint density at radius 3 is 3.00 bits per heavy atom. The number of nitrogens with zero attached hydrogens (tertiary/aromatic N) is 3. The average molecular weight is 328 g/mol. The van der Waals surface area contributed by atoms with Crippen LogP contribution >= 0.6 is 0 Å². The molecule has 2 fully saturated rings. The van der Waals surface area contributed by atoms with Gasteiger partial charge in [-0.05, 0) is 30.5 Å². The van der Waals surface area contributed by atoms with Gasteiger partial charge in [0.2, 0.25) is 5.95 Å².